The maximum atomic E-state index is 11.8. The normalized spacial score (nSPS) is 10.2. The standard InChI is InChI=1S/C13H13ClN4O2/c14-10-3-1-9(2-4-10)5-13(20)17-11-6-16-18(7-11)8-12(15)19/h1-4,6-7H,5,8H2,(H2,15,19)(H,17,20). The summed E-state index contributed by atoms with van der Waals surface area (Å²) in [4.78, 5) is 22.6. The summed E-state index contributed by atoms with van der Waals surface area (Å²) >= 11 is 5.77. The van der Waals surface area contributed by atoms with Crippen LogP contribution in [-0.2, 0) is 22.6 Å². The molecular weight excluding hydrogens is 280 g/mol. The van der Waals surface area contributed by atoms with Gasteiger partial charge in [-0.15, -0.1) is 0 Å². The molecule has 0 aliphatic heterocycles. The molecule has 0 fully saturated rings. The van der Waals surface area contributed by atoms with Gasteiger partial charge in [-0.05, 0) is 17.7 Å². The van der Waals surface area contributed by atoms with Crippen molar-refractivity contribution in [2.75, 3.05) is 5.32 Å². The first-order valence-corrected chi connectivity index (χ1v) is 6.26. The van der Waals surface area contributed by atoms with E-state index in [0.717, 1.165) is 5.56 Å². The van der Waals surface area contributed by atoms with Crippen LogP contribution in [0, 0.1) is 0 Å². The molecule has 104 valence electrons. The summed E-state index contributed by atoms with van der Waals surface area (Å²) in [5, 5.41) is 7.23. The quantitative estimate of drug-likeness (QED) is 0.867. The van der Waals surface area contributed by atoms with Gasteiger partial charge in [0.05, 0.1) is 18.3 Å². The summed E-state index contributed by atoms with van der Waals surface area (Å²) in [6, 6.07) is 7.04. The van der Waals surface area contributed by atoms with Gasteiger partial charge < -0.3 is 11.1 Å². The molecule has 0 radical (unpaired) electrons. The number of carbonyl (C=O) groups is 2. The minimum atomic E-state index is -0.493. The number of nitrogens with one attached hydrogen (secondary N) is 1. The van der Waals surface area contributed by atoms with Crippen LogP contribution >= 0.6 is 11.6 Å². The molecule has 0 bridgehead atoms. The van der Waals surface area contributed by atoms with E-state index >= 15 is 0 Å². The monoisotopic (exact) mass is 292 g/mol. The van der Waals surface area contributed by atoms with Crippen LogP contribution in [-0.4, -0.2) is 21.6 Å². The molecular formula is C13H13ClN4O2. The number of hydrogen-bond acceptors (Lipinski definition) is 3. The Morgan fingerprint density at radius 2 is 2.00 bits per heavy atom. The Balaban J connectivity index is 1.92. The maximum Gasteiger partial charge on any atom is 0.239 e. The van der Waals surface area contributed by atoms with Gasteiger partial charge >= 0.3 is 0 Å². The smallest absolute Gasteiger partial charge is 0.239 e. The molecule has 3 N–H and O–H groups in total. The van der Waals surface area contributed by atoms with E-state index in [1.54, 1.807) is 30.5 Å². The maximum absolute atomic E-state index is 11.8. The molecule has 1 heterocycles. The van der Waals surface area contributed by atoms with Crippen LogP contribution in [0.1, 0.15) is 5.56 Å². The van der Waals surface area contributed by atoms with E-state index in [1.807, 2.05) is 0 Å². The number of nitrogens with zero attached hydrogens (tertiary/aromatic N) is 2. The highest BCUT2D eigenvalue weighted by molar-refractivity contribution is 6.30. The first-order valence-electron chi connectivity index (χ1n) is 5.88. The van der Waals surface area contributed by atoms with E-state index in [2.05, 4.69) is 10.4 Å². The van der Waals surface area contributed by atoms with Gasteiger partial charge in [0.25, 0.3) is 0 Å². The van der Waals surface area contributed by atoms with Crippen molar-refractivity contribution in [3.63, 3.8) is 0 Å². The van der Waals surface area contributed by atoms with Gasteiger partial charge in [0.1, 0.15) is 6.54 Å². The first-order chi connectivity index (χ1) is 9.52. The lowest BCUT2D eigenvalue weighted by atomic mass is 10.1. The van der Waals surface area contributed by atoms with Gasteiger partial charge in [-0.2, -0.15) is 5.10 Å². The van der Waals surface area contributed by atoms with Gasteiger partial charge in [-0.1, -0.05) is 23.7 Å². The van der Waals surface area contributed by atoms with Crippen LogP contribution in [0.5, 0.6) is 0 Å². The third kappa shape index (κ3) is 4.10. The van der Waals surface area contributed by atoms with E-state index < -0.39 is 5.91 Å². The summed E-state index contributed by atoms with van der Waals surface area (Å²) < 4.78 is 1.36. The van der Waals surface area contributed by atoms with Gasteiger partial charge in [0.2, 0.25) is 11.8 Å². The van der Waals surface area contributed by atoms with Gasteiger partial charge in [0.15, 0.2) is 0 Å². The number of benzene rings is 1. The number of halogens is 1. The number of hydrogen-bond donors (Lipinski definition) is 2. The third-order valence-corrected chi connectivity index (χ3v) is 2.76. The zero-order valence-corrected chi connectivity index (χ0v) is 11.3. The Kier molecular flexibility index (Phi) is 4.37. The molecule has 6 nitrogen and oxygen atoms in total. The predicted octanol–water partition coefficient (Wildman–Crippen LogP) is 1.20. The molecule has 2 aromatic rings. The fourth-order valence-corrected chi connectivity index (χ4v) is 1.79. The molecule has 0 atom stereocenters. The third-order valence-electron chi connectivity index (χ3n) is 2.51. The first kappa shape index (κ1) is 14.1. The lowest BCUT2D eigenvalue weighted by Crippen LogP contribution is -2.18. The van der Waals surface area contributed by atoms with Gasteiger partial charge in [-0.3, -0.25) is 14.3 Å². The SMILES string of the molecule is NC(=O)Cn1cc(NC(=O)Cc2ccc(Cl)cc2)cn1. The van der Waals surface area contributed by atoms with E-state index in [1.165, 1.54) is 10.9 Å². The number of carbonyl (C=O) groups excluding carboxylic acids is 2. The highest BCUT2D eigenvalue weighted by atomic mass is 35.5. The van der Waals surface area contributed by atoms with Crippen molar-refractivity contribution in [2.45, 2.75) is 13.0 Å². The van der Waals surface area contributed by atoms with Crippen LogP contribution in [0.15, 0.2) is 36.7 Å². The predicted molar refractivity (Wildman–Crippen MR) is 75.2 cm³/mol. The molecule has 0 unspecified atom stereocenters. The summed E-state index contributed by atoms with van der Waals surface area (Å²) in [6.45, 7) is -0.0208. The van der Waals surface area contributed by atoms with Crippen LogP contribution in [0.25, 0.3) is 0 Å². The Morgan fingerprint density at radius 3 is 2.65 bits per heavy atom. The van der Waals surface area contributed by atoms with Gasteiger partial charge in [-0.25, -0.2) is 0 Å². The molecule has 7 heteroatoms. The van der Waals surface area contributed by atoms with Crippen molar-refractivity contribution >= 4 is 29.1 Å². The van der Waals surface area contributed by atoms with Crippen molar-refractivity contribution in [1.29, 1.82) is 0 Å². The number of amides is 2. The highest BCUT2D eigenvalue weighted by Crippen LogP contribution is 2.11. The van der Waals surface area contributed by atoms with Crippen molar-refractivity contribution in [3.8, 4) is 0 Å². The average Bonchev–Trinajstić information content (AvgIpc) is 2.78. The molecule has 20 heavy (non-hydrogen) atoms. The number of nitrogens with two attached hydrogens (primary N) is 1. The molecule has 2 amide bonds. The minimum absolute atomic E-state index is 0.0208. The second-order valence-electron chi connectivity index (χ2n) is 4.24. The zero-order valence-electron chi connectivity index (χ0n) is 10.5. The van der Waals surface area contributed by atoms with Crippen molar-refractivity contribution in [1.82, 2.24) is 9.78 Å². The molecule has 0 saturated carbocycles. The Morgan fingerprint density at radius 1 is 1.30 bits per heavy atom. The molecule has 0 aliphatic carbocycles. The van der Waals surface area contributed by atoms with Crippen LogP contribution in [0.3, 0.4) is 0 Å². The molecule has 0 saturated heterocycles. The Bertz CT molecular complexity index is 622. The van der Waals surface area contributed by atoms with Crippen LogP contribution < -0.4 is 11.1 Å². The molecule has 1 aromatic carbocycles. The second kappa shape index (κ2) is 6.21. The van der Waals surface area contributed by atoms with Crippen molar-refractivity contribution in [3.05, 3.63) is 47.2 Å². The summed E-state index contributed by atoms with van der Waals surface area (Å²) in [5.41, 5.74) is 6.43. The van der Waals surface area contributed by atoms with Crippen molar-refractivity contribution < 1.29 is 9.59 Å². The molecule has 0 spiro atoms. The lowest BCUT2D eigenvalue weighted by Gasteiger charge is -2.02. The zero-order chi connectivity index (χ0) is 14.5. The minimum Gasteiger partial charge on any atom is -0.368 e. The lowest BCUT2D eigenvalue weighted by molar-refractivity contribution is -0.118. The van der Waals surface area contributed by atoms with Gasteiger partial charge in [0, 0.05) is 11.2 Å². The average molecular weight is 293 g/mol. The van der Waals surface area contributed by atoms with E-state index in [-0.39, 0.29) is 18.9 Å². The number of aromatic nitrogens is 2. The van der Waals surface area contributed by atoms with E-state index in [4.69, 9.17) is 17.3 Å². The summed E-state index contributed by atoms with van der Waals surface area (Å²) in [6.07, 6.45) is 3.24. The number of rotatable bonds is 5. The van der Waals surface area contributed by atoms with Crippen LogP contribution in [0.2, 0.25) is 5.02 Å². The number of primary amides is 1. The molecule has 0 aliphatic rings. The number of anilines is 1. The summed E-state index contributed by atoms with van der Waals surface area (Å²) in [7, 11) is 0. The highest BCUT2D eigenvalue weighted by Gasteiger charge is 2.07. The molecule has 1 aromatic heterocycles. The largest absolute Gasteiger partial charge is 0.368 e. The Hall–Kier alpha value is -2.34. The fraction of sp³-hybridized carbons (Fsp3) is 0.154. The van der Waals surface area contributed by atoms with E-state index in [9.17, 15) is 9.59 Å². The second-order valence-corrected chi connectivity index (χ2v) is 4.68. The fourth-order valence-electron chi connectivity index (χ4n) is 1.67. The topological polar surface area (TPSA) is 90.0 Å². The van der Waals surface area contributed by atoms with E-state index in [0.29, 0.717) is 10.7 Å². The van der Waals surface area contributed by atoms with Crippen molar-refractivity contribution in [2.24, 2.45) is 5.73 Å². The van der Waals surface area contributed by atoms with Crippen LogP contribution in [0.4, 0.5) is 5.69 Å². The Labute approximate surface area is 120 Å². The summed E-state index contributed by atoms with van der Waals surface area (Å²) in [5.74, 6) is -0.668. The molecule has 2 rings (SSSR count).